The first-order valence-corrected chi connectivity index (χ1v) is 6.43. The van der Waals surface area contributed by atoms with Gasteiger partial charge in [-0.1, -0.05) is 28.1 Å². The molecule has 0 atom stereocenters. The summed E-state index contributed by atoms with van der Waals surface area (Å²) in [5.41, 5.74) is 1.60. The molecule has 1 aromatic heterocycles. The minimum Gasteiger partial charge on any atom is -0.317 e. The van der Waals surface area contributed by atoms with Crippen molar-refractivity contribution in [1.82, 2.24) is 9.78 Å². The van der Waals surface area contributed by atoms with E-state index >= 15 is 0 Å². The van der Waals surface area contributed by atoms with Gasteiger partial charge in [0.05, 0.1) is 18.4 Å². The molecule has 2 aromatic rings. The second kappa shape index (κ2) is 5.79. The Morgan fingerprint density at radius 1 is 1.32 bits per heavy atom. The van der Waals surface area contributed by atoms with Crippen LogP contribution in [0.15, 0.2) is 41.1 Å². The standard InChI is InChI=1S/C13H12BrN3O2/c1-9(18)13(19)16-12-6-15-17(8-12)7-10-2-4-11(14)5-3-10/h2-6,8H,7H2,1H3,(H,16,19). The van der Waals surface area contributed by atoms with E-state index in [1.807, 2.05) is 24.3 Å². The molecule has 0 aliphatic heterocycles. The Kier molecular flexibility index (Phi) is 4.11. The van der Waals surface area contributed by atoms with Gasteiger partial charge in [0.15, 0.2) is 0 Å². The van der Waals surface area contributed by atoms with Crippen molar-refractivity contribution in [2.45, 2.75) is 13.5 Å². The number of hydrogen-bond acceptors (Lipinski definition) is 3. The number of carbonyl (C=O) groups excluding carboxylic acids is 2. The average Bonchev–Trinajstić information content (AvgIpc) is 2.79. The van der Waals surface area contributed by atoms with Crippen LogP contribution in [-0.2, 0) is 16.1 Å². The van der Waals surface area contributed by atoms with Gasteiger partial charge in [-0.25, -0.2) is 0 Å². The average molecular weight is 322 g/mol. The Balaban J connectivity index is 2.03. The van der Waals surface area contributed by atoms with Crippen LogP contribution in [-0.4, -0.2) is 21.5 Å². The molecule has 19 heavy (non-hydrogen) atoms. The number of rotatable bonds is 4. The third-order valence-electron chi connectivity index (χ3n) is 2.47. The number of halogens is 1. The van der Waals surface area contributed by atoms with E-state index in [0.717, 1.165) is 10.0 Å². The lowest BCUT2D eigenvalue weighted by molar-refractivity contribution is -0.133. The van der Waals surface area contributed by atoms with E-state index in [2.05, 4.69) is 26.3 Å². The number of amides is 1. The van der Waals surface area contributed by atoms with Gasteiger partial charge in [0.2, 0.25) is 5.78 Å². The number of anilines is 1. The lowest BCUT2D eigenvalue weighted by Gasteiger charge is -2.02. The molecule has 1 N–H and O–H groups in total. The molecular formula is C13H12BrN3O2. The number of carbonyl (C=O) groups is 2. The fraction of sp³-hybridized carbons (Fsp3) is 0.154. The topological polar surface area (TPSA) is 64.0 Å². The molecule has 0 saturated heterocycles. The van der Waals surface area contributed by atoms with E-state index in [0.29, 0.717) is 12.2 Å². The fourth-order valence-corrected chi connectivity index (χ4v) is 1.77. The summed E-state index contributed by atoms with van der Waals surface area (Å²) in [6, 6.07) is 7.88. The molecule has 1 aromatic carbocycles. The maximum atomic E-state index is 11.2. The van der Waals surface area contributed by atoms with Crippen molar-refractivity contribution in [2.75, 3.05) is 5.32 Å². The molecule has 0 bridgehead atoms. The van der Waals surface area contributed by atoms with E-state index in [1.54, 1.807) is 10.9 Å². The van der Waals surface area contributed by atoms with Gasteiger partial charge in [-0.3, -0.25) is 14.3 Å². The molecule has 0 unspecified atom stereocenters. The zero-order chi connectivity index (χ0) is 13.8. The smallest absolute Gasteiger partial charge is 0.291 e. The molecule has 0 saturated carbocycles. The number of nitrogens with one attached hydrogen (secondary N) is 1. The molecule has 0 spiro atoms. The van der Waals surface area contributed by atoms with Crippen LogP contribution in [0.3, 0.4) is 0 Å². The molecule has 2 rings (SSSR count). The van der Waals surface area contributed by atoms with Crippen molar-refractivity contribution < 1.29 is 9.59 Å². The number of ketones is 1. The Bertz CT molecular complexity index is 605. The lowest BCUT2D eigenvalue weighted by atomic mass is 10.2. The second-order valence-corrected chi connectivity index (χ2v) is 4.98. The zero-order valence-corrected chi connectivity index (χ0v) is 11.8. The van der Waals surface area contributed by atoms with E-state index in [4.69, 9.17) is 0 Å². The molecular weight excluding hydrogens is 310 g/mol. The zero-order valence-electron chi connectivity index (χ0n) is 10.3. The molecule has 0 fully saturated rings. The highest BCUT2D eigenvalue weighted by Gasteiger charge is 2.08. The Hall–Kier alpha value is -1.95. The predicted molar refractivity (Wildman–Crippen MR) is 74.8 cm³/mol. The van der Waals surface area contributed by atoms with Gasteiger partial charge < -0.3 is 5.32 Å². The van der Waals surface area contributed by atoms with Gasteiger partial charge in [0.1, 0.15) is 0 Å². The van der Waals surface area contributed by atoms with Gasteiger partial charge in [0.25, 0.3) is 5.91 Å². The van der Waals surface area contributed by atoms with Crippen LogP contribution >= 0.6 is 15.9 Å². The molecule has 0 radical (unpaired) electrons. The SMILES string of the molecule is CC(=O)C(=O)Nc1cnn(Cc2ccc(Br)cc2)c1. The highest BCUT2D eigenvalue weighted by molar-refractivity contribution is 9.10. The summed E-state index contributed by atoms with van der Waals surface area (Å²) in [6.07, 6.45) is 3.20. The quantitative estimate of drug-likeness (QED) is 0.878. The summed E-state index contributed by atoms with van der Waals surface area (Å²) in [4.78, 5) is 22.0. The molecule has 98 valence electrons. The Morgan fingerprint density at radius 2 is 2.00 bits per heavy atom. The number of hydrogen-bond donors (Lipinski definition) is 1. The molecule has 5 nitrogen and oxygen atoms in total. The Labute approximate surface area is 118 Å². The van der Waals surface area contributed by atoms with Crippen molar-refractivity contribution in [2.24, 2.45) is 0 Å². The van der Waals surface area contributed by atoms with Crippen LogP contribution in [0.1, 0.15) is 12.5 Å². The van der Waals surface area contributed by atoms with E-state index in [9.17, 15) is 9.59 Å². The normalized spacial score (nSPS) is 10.2. The summed E-state index contributed by atoms with van der Waals surface area (Å²) in [5.74, 6) is -1.16. The summed E-state index contributed by atoms with van der Waals surface area (Å²) < 4.78 is 2.71. The highest BCUT2D eigenvalue weighted by Crippen LogP contribution is 2.12. The number of benzene rings is 1. The third kappa shape index (κ3) is 3.75. The van der Waals surface area contributed by atoms with Gasteiger partial charge in [-0.05, 0) is 17.7 Å². The second-order valence-electron chi connectivity index (χ2n) is 4.06. The van der Waals surface area contributed by atoms with E-state index < -0.39 is 11.7 Å². The minimum absolute atomic E-state index is 0.511. The summed E-state index contributed by atoms with van der Waals surface area (Å²) in [7, 11) is 0. The first kappa shape index (κ1) is 13.5. The molecule has 1 amide bonds. The van der Waals surface area contributed by atoms with Gasteiger partial charge in [-0.15, -0.1) is 0 Å². The van der Waals surface area contributed by atoms with Crippen LogP contribution in [0.25, 0.3) is 0 Å². The van der Waals surface area contributed by atoms with Crippen LogP contribution < -0.4 is 5.32 Å². The highest BCUT2D eigenvalue weighted by atomic mass is 79.9. The first-order chi connectivity index (χ1) is 9.04. The van der Waals surface area contributed by atoms with Crippen LogP contribution in [0.2, 0.25) is 0 Å². The van der Waals surface area contributed by atoms with E-state index in [1.165, 1.54) is 13.1 Å². The van der Waals surface area contributed by atoms with Crippen LogP contribution in [0, 0.1) is 0 Å². The van der Waals surface area contributed by atoms with Crippen molar-refractivity contribution in [3.05, 3.63) is 46.7 Å². The predicted octanol–water partition coefficient (Wildman–Crippen LogP) is 2.22. The van der Waals surface area contributed by atoms with Crippen LogP contribution in [0.4, 0.5) is 5.69 Å². The minimum atomic E-state index is -0.636. The van der Waals surface area contributed by atoms with Gasteiger partial charge >= 0.3 is 0 Å². The third-order valence-corrected chi connectivity index (χ3v) is 3.00. The summed E-state index contributed by atoms with van der Waals surface area (Å²) >= 11 is 3.37. The van der Waals surface area contributed by atoms with Crippen molar-refractivity contribution in [3.8, 4) is 0 Å². The molecule has 6 heteroatoms. The molecule has 0 aliphatic rings. The number of nitrogens with zero attached hydrogens (tertiary/aromatic N) is 2. The Morgan fingerprint density at radius 3 is 2.63 bits per heavy atom. The fourth-order valence-electron chi connectivity index (χ4n) is 1.51. The van der Waals surface area contributed by atoms with Crippen LogP contribution in [0.5, 0.6) is 0 Å². The van der Waals surface area contributed by atoms with E-state index in [-0.39, 0.29) is 0 Å². The van der Waals surface area contributed by atoms with Gasteiger partial charge in [0, 0.05) is 17.6 Å². The lowest BCUT2D eigenvalue weighted by Crippen LogP contribution is -2.19. The summed E-state index contributed by atoms with van der Waals surface area (Å²) in [5, 5.41) is 6.60. The van der Waals surface area contributed by atoms with Gasteiger partial charge in [-0.2, -0.15) is 5.10 Å². The monoisotopic (exact) mass is 321 g/mol. The number of Topliss-reactive ketones (excluding diaryl/α,β-unsaturated/α-hetero) is 1. The van der Waals surface area contributed by atoms with Crippen molar-refractivity contribution in [1.29, 1.82) is 0 Å². The number of aromatic nitrogens is 2. The maximum Gasteiger partial charge on any atom is 0.291 e. The molecule has 0 aliphatic carbocycles. The maximum absolute atomic E-state index is 11.2. The summed E-state index contributed by atoms with van der Waals surface area (Å²) in [6.45, 7) is 1.82. The molecule has 1 heterocycles. The van der Waals surface area contributed by atoms with Crippen molar-refractivity contribution >= 4 is 33.3 Å². The first-order valence-electron chi connectivity index (χ1n) is 5.63. The largest absolute Gasteiger partial charge is 0.317 e. The van der Waals surface area contributed by atoms with Crippen molar-refractivity contribution in [3.63, 3.8) is 0 Å².